The minimum atomic E-state index is -0.451. The minimum Gasteiger partial charge on any atom is -0.497 e. The van der Waals surface area contributed by atoms with E-state index in [0.717, 1.165) is 17.7 Å². The number of aromatic nitrogens is 2. The van der Waals surface area contributed by atoms with Crippen LogP contribution in [0.3, 0.4) is 0 Å². The van der Waals surface area contributed by atoms with Gasteiger partial charge in [0.05, 0.1) is 12.7 Å². The second-order valence-electron chi connectivity index (χ2n) is 7.19. The van der Waals surface area contributed by atoms with Gasteiger partial charge >= 0.3 is 0 Å². The average molecular weight is 381 g/mol. The summed E-state index contributed by atoms with van der Waals surface area (Å²) >= 11 is 0. The van der Waals surface area contributed by atoms with E-state index < -0.39 is 5.82 Å². The number of methoxy groups -OCH3 is 1. The molecule has 0 aliphatic rings. The van der Waals surface area contributed by atoms with Gasteiger partial charge in [0.1, 0.15) is 11.6 Å². The van der Waals surface area contributed by atoms with Crippen molar-refractivity contribution in [1.82, 2.24) is 10.1 Å². The Hall–Kier alpha value is -3.15. The standard InChI is InChI=1S/C22H24FN3O2/c1-6-22(3,4)14(2)24-16-10-11-18(19(23)13-16)21-25-20(26-28-21)15-8-7-9-17(12-15)27-5/h7-13,24H,2,6H2,1,3-5H3. The Labute approximate surface area is 164 Å². The molecular weight excluding hydrogens is 357 g/mol. The molecule has 0 spiro atoms. The topological polar surface area (TPSA) is 60.2 Å². The second kappa shape index (κ2) is 7.84. The Balaban J connectivity index is 1.83. The number of allylic oxidation sites excluding steroid dienone is 1. The van der Waals surface area contributed by atoms with Gasteiger partial charge in [0.15, 0.2) is 0 Å². The van der Waals surface area contributed by atoms with Crippen LogP contribution in [0.4, 0.5) is 10.1 Å². The van der Waals surface area contributed by atoms with E-state index in [1.54, 1.807) is 25.3 Å². The fourth-order valence-electron chi connectivity index (χ4n) is 2.54. The number of rotatable bonds is 7. The molecular formula is C22H24FN3O2. The molecule has 0 saturated heterocycles. The number of halogens is 1. The first kappa shape index (κ1) is 19.6. The number of nitrogens with one attached hydrogen (secondary N) is 1. The van der Waals surface area contributed by atoms with Crippen molar-refractivity contribution in [3.8, 4) is 28.6 Å². The highest BCUT2D eigenvalue weighted by molar-refractivity contribution is 5.64. The van der Waals surface area contributed by atoms with Crippen LogP contribution < -0.4 is 10.1 Å². The van der Waals surface area contributed by atoms with E-state index in [1.807, 2.05) is 18.2 Å². The molecule has 28 heavy (non-hydrogen) atoms. The van der Waals surface area contributed by atoms with Crippen LogP contribution in [0.25, 0.3) is 22.8 Å². The first-order chi connectivity index (χ1) is 13.3. The molecule has 0 atom stereocenters. The van der Waals surface area contributed by atoms with Gasteiger partial charge in [-0.15, -0.1) is 0 Å². The lowest BCUT2D eigenvalue weighted by Crippen LogP contribution is -2.18. The van der Waals surface area contributed by atoms with E-state index in [4.69, 9.17) is 9.26 Å². The summed E-state index contributed by atoms with van der Waals surface area (Å²) in [6, 6.07) is 12.1. The number of hydrogen-bond acceptors (Lipinski definition) is 5. The Kier molecular flexibility index (Phi) is 5.49. The van der Waals surface area contributed by atoms with E-state index in [2.05, 4.69) is 42.8 Å². The zero-order chi connectivity index (χ0) is 20.3. The van der Waals surface area contributed by atoms with Crippen LogP contribution in [0.1, 0.15) is 27.2 Å². The third-order valence-electron chi connectivity index (χ3n) is 4.95. The molecule has 1 N–H and O–H groups in total. The van der Waals surface area contributed by atoms with Crippen LogP contribution in [0.2, 0.25) is 0 Å². The zero-order valence-electron chi connectivity index (χ0n) is 16.5. The van der Waals surface area contributed by atoms with Crippen LogP contribution in [0.5, 0.6) is 5.75 Å². The maximum absolute atomic E-state index is 14.7. The Morgan fingerprint density at radius 1 is 1.25 bits per heavy atom. The summed E-state index contributed by atoms with van der Waals surface area (Å²) in [6.07, 6.45) is 0.925. The summed E-state index contributed by atoms with van der Waals surface area (Å²) in [6.45, 7) is 10.3. The van der Waals surface area contributed by atoms with Crippen LogP contribution in [0, 0.1) is 11.2 Å². The third kappa shape index (κ3) is 4.06. The van der Waals surface area contributed by atoms with Gasteiger partial charge in [-0.3, -0.25) is 0 Å². The molecule has 1 aromatic heterocycles. The van der Waals surface area contributed by atoms with Crippen molar-refractivity contribution in [3.05, 3.63) is 60.6 Å². The first-order valence-electron chi connectivity index (χ1n) is 9.08. The molecule has 0 radical (unpaired) electrons. The largest absolute Gasteiger partial charge is 0.497 e. The van der Waals surface area contributed by atoms with Crippen molar-refractivity contribution in [2.75, 3.05) is 12.4 Å². The van der Waals surface area contributed by atoms with E-state index in [1.165, 1.54) is 6.07 Å². The molecule has 0 aliphatic heterocycles. The molecule has 0 amide bonds. The minimum absolute atomic E-state index is 0.0900. The van der Waals surface area contributed by atoms with Crippen molar-refractivity contribution < 1.29 is 13.7 Å². The molecule has 2 aromatic carbocycles. The molecule has 0 saturated carbocycles. The highest BCUT2D eigenvalue weighted by Gasteiger charge is 2.20. The van der Waals surface area contributed by atoms with Crippen LogP contribution in [0.15, 0.2) is 59.3 Å². The quantitative estimate of drug-likeness (QED) is 0.551. The van der Waals surface area contributed by atoms with Crippen molar-refractivity contribution >= 4 is 5.69 Å². The highest BCUT2D eigenvalue weighted by Crippen LogP contribution is 2.32. The number of nitrogens with zero attached hydrogens (tertiary/aromatic N) is 2. The molecule has 0 aliphatic carbocycles. The van der Waals surface area contributed by atoms with Crippen molar-refractivity contribution in [3.63, 3.8) is 0 Å². The van der Waals surface area contributed by atoms with Crippen molar-refractivity contribution in [2.45, 2.75) is 27.2 Å². The Morgan fingerprint density at radius 2 is 2.04 bits per heavy atom. The van der Waals surface area contributed by atoms with E-state index in [9.17, 15) is 4.39 Å². The van der Waals surface area contributed by atoms with Gasteiger partial charge in [0.25, 0.3) is 5.89 Å². The van der Waals surface area contributed by atoms with Crippen molar-refractivity contribution in [2.24, 2.45) is 5.41 Å². The highest BCUT2D eigenvalue weighted by atomic mass is 19.1. The lowest BCUT2D eigenvalue weighted by Gasteiger charge is -2.26. The lowest BCUT2D eigenvalue weighted by molar-refractivity contribution is 0.414. The summed E-state index contributed by atoms with van der Waals surface area (Å²) < 4.78 is 25.2. The van der Waals surface area contributed by atoms with Gasteiger partial charge in [0, 0.05) is 22.4 Å². The summed E-state index contributed by atoms with van der Waals surface area (Å²) in [5.74, 6) is 0.719. The molecule has 0 bridgehead atoms. The van der Waals surface area contributed by atoms with Crippen LogP contribution in [-0.4, -0.2) is 17.3 Å². The fraction of sp³-hybridized carbons (Fsp3) is 0.273. The fourth-order valence-corrected chi connectivity index (χ4v) is 2.54. The first-order valence-corrected chi connectivity index (χ1v) is 9.08. The monoisotopic (exact) mass is 381 g/mol. The van der Waals surface area contributed by atoms with Gasteiger partial charge in [-0.05, 0) is 36.8 Å². The Morgan fingerprint density at radius 3 is 2.71 bits per heavy atom. The summed E-state index contributed by atoms with van der Waals surface area (Å²) in [7, 11) is 1.59. The molecule has 3 rings (SSSR count). The van der Waals surface area contributed by atoms with E-state index in [0.29, 0.717) is 17.3 Å². The summed E-state index contributed by atoms with van der Waals surface area (Å²) in [5.41, 5.74) is 2.34. The summed E-state index contributed by atoms with van der Waals surface area (Å²) in [5, 5.41) is 7.14. The molecule has 5 nitrogen and oxygen atoms in total. The number of anilines is 1. The lowest BCUT2D eigenvalue weighted by atomic mass is 9.87. The van der Waals surface area contributed by atoms with Crippen molar-refractivity contribution in [1.29, 1.82) is 0 Å². The molecule has 3 aromatic rings. The van der Waals surface area contributed by atoms with Gasteiger partial charge < -0.3 is 14.6 Å². The molecule has 146 valence electrons. The third-order valence-corrected chi connectivity index (χ3v) is 4.95. The molecule has 0 unspecified atom stereocenters. The predicted octanol–water partition coefficient (Wildman–Crippen LogP) is 5.91. The average Bonchev–Trinajstić information content (AvgIpc) is 3.18. The Bertz CT molecular complexity index is 995. The maximum atomic E-state index is 14.7. The molecule has 1 heterocycles. The summed E-state index contributed by atoms with van der Waals surface area (Å²) in [4.78, 5) is 4.32. The van der Waals surface area contributed by atoms with Gasteiger partial charge in [-0.2, -0.15) is 4.98 Å². The zero-order valence-corrected chi connectivity index (χ0v) is 16.5. The van der Waals surface area contributed by atoms with Gasteiger partial charge in [-0.25, -0.2) is 4.39 Å². The van der Waals surface area contributed by atoms with Crippen LogP contribution >= 0.6 is 0 Å². The normalized spacial score (nSPS) is 11.3. The number of hydrogen-bond donors (Lipinski definition) is 1. The smallest absolute Gasteiger partial charge is 0.261 e. The predicted molar refractivity (Wildman–Crippen MR) is 109 cm³/mol. The van der Waals surface area contributed by atoms with Gasteiger partial charge in [-0.1, -0.05) is 44.6 Å². The van der Waals surface area contributed by atoms with Crippen LogP contribution in [-0.2, 0) is 0 Å². The number of ether oxygens (including phenoxy) is 1. The molecule has 0 fully saturated rings. The van der Waals surface area contributed by atoms with E-state index >= 15 is 0 Å². The number of benzene rings is 2. The van der Waals surface area contributed by atoms with Gasteiger partial charge in [0.2, 0.25) is 5.82 Å². The SMILES string of the molecule is C=C(Nc1ccc(-c2nc(-c3cccc(OC)c3)no2)c(F)c1)C(C)(C)CC. The second-order valence-corrected chi connectivity index (χ2v) is 7.19. The van der Waals surface area contributed by atoms with E-state index in [-0.39, 0.29) is 16.9 Å². The maximum Gasteiger partial charge on any atom is 0.261 e. The molecule has 6 heteroatoms.